The van der Waals surface area contributed by atoms with Gasteiger partial charge in [-0.2, -0.15) is 0 Å². The van der Waals surface area contributed by atoms with Gasteiger partial charge in [0, 0.05) is 38.0 Å². The molecule has 50 heavy (non-hydrogen) atoms. The molecule has 13 heteroatoms. The van der Waals surface area contributed by atoms with Crippen LogP contribution in [0.15, 0.2) is 66.7 Å². The topological polar surface area (TPSA) is 176 Å². The fourth-order valence-corrected chi connectivity index (χ4v) is 5.59. The third-order valence-electron chi connectivity index (χ3n) is 8.65. The summed E-state index contributed by atoms with van der Waals surface area (Å²) in [5.41, 5.74) is 8.14. The Morgan fingerprint density at radius 2 is 1.60 bits per heavy atom. The zero-order valence-electron chi connectivity index (χ0n) is 29.1. The van der Waals surface area contributed by atoms with Crippen molar-refractivity contribution in [1.29, 1.82) is 0 Å². The molecule has 0 spiro atoms. The first-order chi connectivity index (χ1) is 24.0. The number of nitrogens with one attached hydrogen (secondary N) is 3. The maximum absolute atomic E-state index is 13.8. The Morgan fingerprint density at radius 3 is 2.24 bits per heavy atom. The number of rotatable bonds is 14. The van der Waals surface area contributed by atoms with Crippen LogP contribution in [0.1, 0.15) is 56.3 Å². The molecule has 13 nitrogen and oxygen atoms in total. The Kier molecular flexibility index (Phi) is 13.4. The second kappa shape index (κ2) is 17.9. The van der Waals surface area contributed by atoms with Crippen molar-refractivity contribution in [1.82, 2.24) is 9.80 Å². The molecule has 3 atom stereocenters. The Labute approximate surface area is 293 Å². The van der Waals surface area contributed by atoms with Crippen molar-refractivity contribution in [2.45, 2.75) is 58.1 Å². The molecule has 6 N–H and O–H groups in total. The minimum atomic E-state index is -0.572. The molecule has 5 amide bonds. The van der Waals surface area contributed by atoms with E-state index in [0.717, 1.165) is 0 Å². The summed E-state index contributed by atoms with van der Waals surface area (Å²) in [4.78, 5) is 55.5. The highest BCUT2D eigenvalue weighted by molar-refractivity contribution is 6.01. The molecule has 1 aliphatic rings. The molecule has 0 fully saturated rings. The molecular formula is C37H48N6O7. The van der Waals surface area contributed by atoms with E-state index in [-0.39, 0.29) is 67.1 Å². The highest BCUT2D eigenvalue weighted by atomic mass is 16.5. The summed E-state index contributed by atoms with van der Waals surface area (Å²) in [6.45, 7) is 3.91. The van der Waals surface area contributed by atoms with Crippen LogP contribution in [-0.2, 0) is 9.59 Å². The van der Waals surface area contributed by atoms with Crippen molar-refractivity contribution in [3.8, 4) is 11.5 Å². The average Bonchev–Trinajstić information content (AvgIpc) is 3.10. The number of hydrogen-bond donors (Lipinski definition) is 5. The number of anilines is 4. The number of carbonyl (C=O) groups is 4. The van der Waals surface area contributed by atoms with Crippen LogP contribution in [0.3, 0.4) is 0 Å². The number of amides is 5. The monoisotopic (exact) mass is 688 g/mol. The first-order valence-electron chi connectivity index (χ1n) is 16.8. The van der Waals surface area contributed by atoms with Crippen LogP contribution in [0.2, 0.25) is 0 Å². The van der Waals surface area contributed by atoms with Crippen LogP contribution in [0.4, 0.5) is 27.5 Å². The van der Waals surface area contributed by atoms with Crippen molar-refractivity contribution in [3.05, 3.63) is 72.3 Å². The van der Waals surface area contributed by atoms with Crippen LogP contribution in [0.5, 0.6) is 11.5 Å². The van der Waals surface area contributed by atoms with Crippen LogP contribution < -0.4 is 31.2 Å². The van der Waals surface area contributed by atoms with Gasteiger partial charge in [-0.15, -0.1) is 0 Å². The van der Waals surface area contributed by atoms with Gasteiger partial charge in [0.1, 0.15) is 11.9 Å². The fraction of sp³-hybridized carbons (Fsp3) is 0.405. The standard InChI is InChI=1S/C37H48N6O7/c1-24-21-43(25(2)23-44)36(47)28-11-10-14-31(41-34(46)16-7-5-6-15-33(45)40-30-13-9-8-12-29(30)38)35(28)50-32(24)22-42(3)37(48)39-26-17-19-27(49-4)20-18-26/h8-14,17-20,24-25,32,44H,5-7,15-16,21-23,38H2,1-4H3,(H,39,48)(H,40,45)(H,41,46)/t24-,25+,32+/m1/s1. The predicted octanol–water partition coefficient (Wildman–Crippen LogP) is 5.19. The number of methoxy groups -OCH3 is 1. The number of benzene rings is 3. The Bertz CT molecular complexity index is 1630. The number of unbranched alkanes of at least 4 members (excludes halogenated alkanes) is 2. The van der Waals surface area contributed by atoms with Gasteiger partial charge in [-0.05, 0) is 68.3 Å². The number of aliphatic hydroxyl groups is 1. The van der Waals surface area contributed by atoms with E-state index in [9.17, 15) is 24.3 Å². The molecule has 0 aliphatic carbocycles. The minimum Gasteiger partial charge on any atom is -0.497 e. The summed E-state index contributed by atoms with van der Waals surface area (Å²) in [5, 5.41) is 18.6. The number of para-hydroxylation sites is 3. The number of fused-ring (bicyclic) bond motifs is 1. The lowest BCUT2D eigenvalue weighted by Crippen LogP contribution is -2.50. The number of nitrogens with zero attached hydrogens (tertiary/aromatic N) is 2. The van der Waals surface area contributed by atoms with Crippen molar-refractivity contribution in [2.75, 3.05) is 55.5 Å². The van der Waals surface area contributed by atoms with Gasteiger partial charge >= 0.3 is 6.03 Å². The maximum atomic E-state index is 13.8. The molecular weight excluding hydrogens is 640 g/mol. The molecule has 3 aromatic carbocycles. The number of carbonyl (C=O) groups excluding carboxylic acids is 4. The fourth-order valence-electron chi connectivity index (χ4n) is 5.59. The Hall–Kier alpha value is -5.30. The summed E-state index contributed by atoms with van der Waals surface area (Å²) in [6.07, 6.45) is 1.74. The number of nitrogen functional groups attached to an aromatic ring is 1. The van der Waals surface area contributed by atoms with E-state index in [0.29, 0.717) is 54.2 Å². The number of ether oxygens (including phenoxy) is 2. The second-order valence-electron chi connectivity index (χ2n) is 12.6. The molecule has 268 valence electrons. The summed E-state index contributed by atoms with van der Waals surface area (Å²) in [6, 6.07) is 18.2. The molecule has 0 saturated heterocycles. The molecule has 0 unspecified atom stereocenters. The first kappa shape index (κ1) is 37.5. The van der Waals surface area contributed by atoms with Crippen LogP contribution >= 0.6 is 0 Å². The lowest BCUT2D eigenvalue weighted by Gasteiger charge is -2.38. The average molecular weight is 689 g/mol. The van der Waals surface area contributed by atoms with E-state index in [4.69, 9.17) is 15.2 Å². The van der Waals surface area contributed by atoms with E-state index in [1.807, 2.05) is 6.92 Å². The molecule has 1 heterocycles. The summed E-state index contributed by atoms with van der Waals surface area (Å²) in [7, 11) is 3.22. The summed E-state index contributed by atoms with van der Waals surface area (Å²) >= 11 is 0. The molecule has 0 aromatic heterocycles. The highest BCUT2D eigenvalue weighted by Gasteiger charge is 2.35. The van der Waals surface area contributed by atoms with Crippen LogP contribution in [0, 0.1) is 5.92 Å². The molecule has 0 saturated carbocycles. The van der Waals surface area contributed by atoms with Gasteiger partial charge in [0.05, 0.1) is 48.9 Å². The SMILES string of the molecule is COc1ccc(NC(=O)N(C)C[C@@H]2Oc3c(NC(=O)CCCCCC(=O)Nc4ccccc4N)cccc3C(=O)N([C@@H](C)CO)C[C@H]2C)cc1. The predicted molar refractivity (Wildman–Crippen MR) is 193 cm³/mol. The van der Waals surface area contributed by atoms with Gasteiger partial charge in [0.15, 0.2) is 5.75 Å². The van der Waals surface area contributed by atoms with E-state index < -0.39 is 12.1 Å². The molecule has 3 aromatic rings. The summed E-state index contributed by atoms with van der Waals surface area (Å²) in [5.74, 6) is -0.117. The Balaban J connectivity index is 1.42. The Morgan fingerprint density at radius 1 is 0.960 bits per heavy atom. The minimum absolute atomic E-state index is 0.144. The van der Waals surface area contributed by atoms with E-state index in [1.165, 1.54) is 4.90 Å². The van der Waals surface area contributed by atoms with E-state index in [1.54, 1.807) is 92.7 Å². The molecule has 1 aliphatic heterocycles. The number of nitrogens with two attached hydrogens (primary N) is 1. The van der Waals surface area contributed by atoms with Gasteiger partial charge in [0.2, 0.25) is 11.8 Å². The van der Waals surface area contributed by atoms with Gasteiger partial charge in [-0.25, -0.2) is 4.79 Å². The summed E-state index contributed by atoms with van der Waals surface area (Å²) < 4.78 is 11.7. The lowest BCUT2D eigenvalue weighted by molar-refractivity contribution is -0.116. The first-order valence-corrected chi connectivity index (χ1v) is 16.8. The molecule has 4 rings (SSSR count). The lowest BCUT2D eigenvalue weighted by atomic mass is 9.99. The second-order valence-corrected chi connectivity index (χ2v) is 12.6. The van der Waals surface area contributed by atoms with Crippen LogP contribution in [-0.4, -0.2) is 84.7 Å². The number of hydrogen-bond acceptors (Lipinski definition) is 8. The smallest absolute Gasteiger partial charge is 0.321 e. The van der Waals surface area contributed by atoms with E-state index >= 15 is 0 Å². The van der Waals surface area contributed by atoms with Gasteiger partial charge < -0.3 is 46.1 Å². The van der Waals surface area contributed by atoms with E-state index in [2.05, 4.69) is 16.0 Å². The number of likely N-dealkylation sites (N-methyl/N-ethyl adjacent to an activating group) is 1. The van der Waals surface area contributed by atoms with Gasteiger partial charge in [-0.3, -0.25) is 14.4 Å². The quantitative estimate of drug-likeness (QED) is 0.114. The molecule has 0 radical (unpaired) electrons. The normalized spacial score (nSPS) is 16.2. The van der Waals surface area contributed by atoms with Crippen molar-refractivity contribution in [2.24, 2.45) is 5.92 Å². The maximum Gasteiger partial charge on any atom is 0.321 e. The largest absolute Gasteiger partial charge is 0.497 e. The van der Waals surface area contributed by atoms with Crippen LogP contribution in [0.25, 0.3) is 0 Å². The van der Waals surface area contributed by atoms with Crippen molar-refractivity contribution in [3.63, 3.8) is 0 Å². The third kappa shape index (κ3) is 10.1. The number of urea groups is 1. The van der Waals surface area contributed by atoms with Gasteiger partial charge in [0.25, 0.3) is 5.91 Å². The zero-order chi connectivity index (χ0) is 36.2. The van der Waals surface area contributed by atoms with Crippen molar-refractivity contribution < 1.29 is 33.8 Å². The van der Waals surface area contributed by atoms with Crippen molar-refractivity contribution >= 4 is 46.5 Å². The molecule has 0 bridgehead atoms. The third-order valence-corrected chi connectivity index (χ3v) is 8.65. The highest BCUT2D eigenvalue weighted by Crippen LogP contribution is 2.35. The van der Waals surface area contributed by atoms with Gasteiger partial charge in [-0.1, -0.05) is 31.5 Å². The number of aliphatic hydroxyl groups excluding tert-OH is 1. The zero-order valence-corrected chi connectivity index (χ0v) is 29.1.